The van der Waals surface area contributed by atoms with E-state index in [9.17, 15) is 9.59 Å². The van der Waals surface area contributed by atoms with E-state index in [0.717, 1.165) is 29.8 Å². The van der Waals surface area contributed by atoms with Crippen molar-refractivity contribution in [1.82, 2.24) is 14.9 Å². The van der Waals surface area contributed by atoms with E-state index in [1.54, 1.807) is 29.5 Å². The first-order valence-electron chi connectivity index (χ1n) is 8.39. The maximum Gasteiger partial charge on any atom is 0.254 e. The third-order valence-corrected chi connectivity index (χ3v) is 5.52. The molecule has 0 bridgehead atoms. The summed E-state index contributed by atoms with van der Waals surface area (Å²) in [7, 11) is 0. The van der Waals surface area contributed by atoms with E-state index in [2.05, 4.69) is 9.97 Å². The van der Waals surface area contributed by atoms with E-state index in [1.807, 2.05) is 17.2 Å². The van der Waals surface area contributed by atoms with Crippen LogP contribution in [0.5, 0.6) is 0 Å². The smallest absolute Gasteiger partial charge is 0.254 e. The van der Waals surface area contributed by atoms with Crippen LogP contribution in [0.1, 0.15) is 50.3 Å². The average Bonchev–Trinajstić information content (AvgIpc) is 3.41. The molecular weight excluding hydrogens is 350 g/mol. The van der Waals surface area contributed by atoms with Gasteiger partial charge in [-0.2, -0.15) is 0 Å². The van der Waals surface area contributed by atoms with Crippen LogP contribution < -0.4 is 0 Å². The summed E-state index contributed by atoms with van der Waals surface area (Å²) < 4.78 is 5.31. The summed E-state index contributed by atoms with van der Waals surface area (Å²) in [5, 5.41) is 2.97. The van der Waals surface area contributed by atoms with Crippen LogP contribution in [0.25, 0.3) is 11.5 Å². The number of aldehydes is 1. The van der Waals surface area contributed by atoms with Crippen LogP contribution in [-0.4, -0.2) is 33.6 Å². The van der Waals surface area contributed by atoms with E-state index in [1.165, 1.54) is 12.5 Å². The van der Waals surface area contributed by atoms with Crippen molar-refractivity contribution in [2.24, 2.45) is 0 Å². The van der Waals surface area contributed by atoms with E-state index in [0.29, 0.717) is 29.1 Å². The zero-order valence-electron chi connectivity index (χ0n) is 14.2. The second kappa shape index (κ2) is 6.84. The number of carbonyl (C=O) groups is 2. The highest BCUT2D eigenvalue weighted by molar-refractivity contribution is 7.09. The molecule has 0 unspecified atom stereocenters. The molecule has 1 fully saturated rings. The molecule has 26 heavy (non-hydrogen) atoms. The van der Waals surface area contributed by atoms with Gasteiger partial charge >= 0.3 is 0 Å². The monoisotopic (exact) mass is 367 g/mol. The maximum atomic E-state index is 13.2. The molecule has 132 valence electrons. The summed E-state index contributed by atoms with van der Waals surface area (Å²) in [5.41, 5.74) is 2.47. The minimum absolute atomic E-state index is 0.00808. The molecule has 1 aromatic carbocycles. The van der Waals surface area contributed by atoms with E-state index in [-0.39, 0.29) is 11.9 Å². The number of aromatic nitrogens is 2. The number of likely N-dealkylation sites (tertiary alicyclic amines) is 1. The Morgan fingerprint density at radius 1 is 1.38 bits per heavy atom. The van der Waals surface area contributed by atoms with Crippen LogP contribution in [0.15, 0.2) is 40.5 Å². The van der Waals surface area contributed by atoms with Crippen molar-refractivity contribution in [2.45, 2.75) is 25.8 Å². The van der Waals surface area contributed by atoms with Crippen LogP contribution in [0.3, 0.4) is 0 Å². The van der Waals surface area contributed by atoms with E-state index < -0.39 is 0 Å². The fourth-order valence-corrected chi connectivity index (χ4v) is 4.23. The third kappa shape index (κ3) is 3.06. The molecule has 7 heteroatoms. The Hall–Kier alpha value is -2.80. The lowest BCUT2D eigenvalue weighted by atomic mass is 10.0. The normalized spacial score (nSPS) is 16.8. The quantitative estimate of drug-likeness (QED) is 0.654. The van der Waals surface area contributed by atoms with Gasteiger partial charge in [0.25, 0.3) is 5.91 Å². The van der Waals surface area contributed by atoms with Crippen molar-refractivity contribution in [3.63, 3.8) is 0 Å². The van der Waals surface area contributed by atoms with Crippen molar-refractivity contribution < 1.29 is 14.0 Å². The van der Waals surface area contributed by atoms with Crippen LogP contribution >= 0.6 is 11.3 Å². The third-order valence-electron chi connectivity index (χ3n) is 4.45. The van der Waals surface area contributed by atoms with Gasteiger partial charge < -0.3 is 9.32 Å². The number of benzene rings is 1. The number of hydrogen-bond acceptors (Lipinski definition) is 6. The fourth-order valence-electron chi connectivity index (χ4n) is 3.29. The van der Waals surface area contributed by atoms with Crippen LogP contribution in [0.2, 0.25) is 0 Å². The Morgan fingerprint density at radius 3 is 2.96 bits per heavy atom. The molecule has 1 aliphatic heterocycles. The largest absolute Gasteiger partial charge is 0.445 e. The second-order valence-electron chi connectivity index (χ2n) is 6.28. The minimum atomic E-state index is -0.100. The highest BCUT2D eigenvalue weighted by Gasteiger charge is 2.32. The lowest BCUT2D eigenvalue weighted by Gasteiger charge is -2.23. The Balaban J connectivity index is 1.69. The predicted molar refractivity (Wildman–Crippen MR) is 97.2 cm³/mol. The van der Waals surface area contributed by atoms with Gasteiger partial charge in [0.2, 0.25) is 5.89 Å². The molecule has 1 aliphatic rings. The molecule has 3 heterocycles. The minimum Gasteiger partial charge on any atom is -0.445 e. The Morgan fingerprint density at radius 2 is 2.27 bits per heavy atom. The molecule has 4 rings (SSSR count). The van der Waals surface area contributed by atoms with E-state index >= 15 is 0 Å². The molecule has 0 spiro atoms. The van der Waals surface area contributed by atoms with Crippen molar-refractivity contribution in [3.05, 3.63) is 57.9 Å². The van der Waals surface area contributed by atoms with Gasteiger partial charge in [-0.25, -0.2) is 9.97 Å². The molecule has 3 aromatic rings. The lowest BCUT2D eigenvalue weighted by Crippen LogP contribution is -2.30. The second-order valence-corrected chi connectivity index (χ2v) is 7.17. The first-order valence-corrected chi connectivity index (χ1v) is 9.27. The van der Waals surface area contributed by atoms with Gasteiger partial charge in [-0.05, 0) is 38.0 Å². The molecule has 2 aromatic heterocycles. The van der Waals surface area contributed by atoms with Crippen LogP contribution in [0.4, 0.5) is 0 Å². The van der Waals surface area contributed by atoms with Crippen LogP contribution in [-0.2, 0) is 0 Å². The molecular formula is C19H17N3O3S. The molecule has 0 radical (unpaired) electrons. The lowest BCUT2D eigenvalue weighted by molar-refractivity contribution is 0.0735. The Kier molecular flexibility index (Phi) is 4.38. The summed E-state index contributed by atoms with van der Waals surface area (Å²) in [6.07, 6.45) is 5.57. The first kappa shape index (κ1) is 16.7. The maximum absolute atomic E-state index is 13.2. The SMILES string of the molecule is Cc1csc([C@H]2CCCN2C(=O)c2cc(C=O)cc(-c3ncco3)c2)n1. The molecule has 1 atom stereocenters. The number of hydrogen-bond donors (Lipinski definition) is 0. The number of nitrogens with zero attached hydrogens (tertiary/aromatic N) is 3. The predicted octanol–water partition coefficient (Wildman–Crippen LogP) is 3.90. The molecule has 0 N–H and O–H groups in total. The summed E-state index contributed by atoms with van der Waals surface area (Å²) in [4.78, 5) is 35.0. The van der Waals surface area contributed by atoms with Crippen molar-refractivity contribution in [3.8, 4) is 11.5 Å². The van der Waals surface area contributed by atoms with Crippen molar-refractivity contribution in [2.75, 3.05) is 6.54 Å². The Labute approximate surface area is 154 Å². The number of carbonyl (C=O) groups excluding carboxylic acids is 2. The number of amides is 1. The van der Waals surface area contributed by atoms with Gasteiger partial charge in [0.05, 0.1) is 12.2 Å². The summed E-state index contributed by atoms with van der Waals surface area (Å²) in [6, 6.07) is 5.00. The van der Waals surface area contributed by atoms with Gasteiger partial charge in [-0.1, -0.05) is 0 Å². The molecule has 0 saturated carbocycles. The van der Waals surface area contributed by atoms with Crippen molar-refractivity contribution >= 4 is 23.5 Å². The zero-order valence-corrected chi connectivity index (χ0v) is 15.0. The Bertz CT molecular complexity index is 949. The molecule has 0 aliphatic carbocycles. The molecule has 1 saturated heterocycles. The van der Waals surface area contributed by atoms with Gasteiger partial charge in [-0.3, -0.25) is 9.59 Å². The topological polar surface area (TPSA) is 76.3 Å². The summed E-state index contributed by atoms with van der Waals surface area (Å²) >= 11 is 1.59. The summed E-state index contributed by atoms with van der Waals surface area (Å²) in [6.45, 7) is 2.64. The highest BCUT2D eigenvalue weighted by Crippen LogP contribution is 2.35. The standard InChI is InChI=1S/C19H17N3O3S/c1-12-11-26-18(21-12)16-3-2-5-22(16)19(24)15-8-13(10-23)7-14(9-15)17-20-4-6-25-17/h4,6-11,16H,2-3,5H2,1H3/t16-/m1/s1. The van der Waals surface area contributed by atoms with Gasteiger partial charge in [-0.15, -0.1) is 11.3 Å². The number of oxazole rings is 1. The van der Waals surface area contributed by atoms with Gasteiger partial charge in [0.1, 0.15) is 17.6 Å². The number of rotatable bonds is 4. The number of thiazole rings is 1. The zero-order chi connectivity index (χ0) is 18.1. The average molecular weight is 367 g/mol. The molecule has 6 nitrogen and oxygen atoms in total. The fraction of sp³-hybridized carbons (Fsp3) is 0.263. The van der Waals surface area contributed by atoms with Gasteiger partial charge in [0, 0.05) is 34.3 Å². The van der Waals surface area contributed by atoms with Gasteiger partial charge in [0.15, 0.2) is 0 Å². The number of aryl methyl sites for hydroxylation is 1. The van der Waals surface area contributed by atoms with Crippen molar-refractivity contribution in [1.29, 1.82) is 0 Å². The highest BCUT2D eigenvalue weighted by atomic mass is 32.1. The molecule has 1 amide bonds. The van der Waals surface area contributed by atoms with E-state index in [4.69, 9.17) is 4.42 Å². The van der Waals surface area contributed by atoms with Crippen LogP contribution in [0, 0.1) is 6.92 Å². The first-order chi connectivity index (χ1) is 12.7. The summed E-state index contributed by atoms with van der Waals surface area (Å²) in [5.74, 6) is 0.285.